The average Bonchev–Trinajstić information content (AvgIpc) is 3.53. The summed E-state index contributed by atoms with van der Waals surface area (Å²) in [5, 5.41) is 1.71. The zero-order valence-electron chi connectivity index (χ0n) is 19.7. The van der Waals surface area contributed by atoms with Crippen LogP contribution in [0.5, 0.6) is 0 Å². The van der Waals surface area contributed by atoms with E-state index in [1.54, 1.807) is 17.5 Å². The highest BCUT2D eigenvalue weighted by Gasteiger charge is 2.53. The number of Topliss-reactive ketones (excluding diaryl/α,β-unsaturated/α-hetero) is 1. The number of nitrogens with zero attached hydrogens (tertiary/aromatic N) is 3. The van der Waals surface area contributed by atoms with Crippen LogP contribution in [0.4, 0.5) is 0 Å². The number of hydrogen-bond acceptors (Lipinski definition) is 7. The Morgan fingerprint density at radius 2 is 1.91 bits per heavy atom. The van der Waals surface area contributed by atoms with E-state index < -0.39 is 10.0 Å². The van der Waals surface area contributed by atoms with E-state index >= 15 is 0 Å². The number of carbonyl (C=O) groups excluding carboxylic acids is 2. The molecule has 4 rings (SSSR count). The summed E-state index contributed by atoms with van der Waals surface area (Å²) in [5.41, 5.74) is 0. The van der Waals surface area contributed by atoms with Crippen LogP contribution in [0, 0.1) is 0 Å². The third-order valence-corrected chi connectivity index (χ3v) is 10.7. The van der Waals surface area contributed by atoms with E-state index in [2.05, 4.69) is 9.80 Å². The normalized spacial score (nSPS) is 25.5. The number of unbranched alkanes of at least 4 members (excludes halogenated alkanes) is 2. The molecular formula is C24H37N3O4S2. The first-order valence-electron chi connectivity index (χ1n) is 12.5. The first-order chi connectivity index (χ1) is 15.9. The van der Waals surface area contributed by atoms with Crippen LogP contribution in [-0.4, -0.2) is 78.5 Å². The van der Waals surface area contributed by atoms with Crippen molar-refractivity contribution in [2.45, 2.75) is 93.5 Å². The van der Waals surface area contributed by atoms with Crippen molar-refractivity contribution in [2.24, 2.45) is 0 Å². The summed E-state index contributed by atoms with van der Waals surface area (Å²) in [5.74, 6) is -0.105. The van der Waals surface area contributed by atoms with Crippen LogP contribution < -0.4 is 0 Å². The van der Waals surface area contributed by atoms with E-state index in [4.69, 9.17) is 0 Å². The van der Waals surface area contributed by atoms with Gasteiger partial charge in [0.1, 0.15) is 9.99 Å². The van der Waals surface area contributed by atoms with Gasteiger partial charge in [0.25, 0.3) is 10.0 Å². The van der Waals surface area contributed by atoms with Crippen LogP contribution in [-0.2, 0) is 19.6 Å². The van der Waals surface area contributed by atoms with Gasteiger partial charge in [-0.2, -0.15) is 0 Å². The second-order valence-corrected chi connectivity index (χ2v) is 12.6. The van der Waals surface area contributed by atoms with Crippen molar-refractivity contribution in [1.29, 1.82) is 0 Å². The number of thiophene rings is 1. The standard InChI is InChI=1S/C24H37N3O4S2/c1-2-19(22(28)10-5-3-6-13-25-14-7-4-8-15-25)26-16-12-20-21(26)18-23(29)27(20)33(30,31)24-11-9-17-32-24/h9,11,17,19-21H,2-8,10,12-16,18H2,1H3/t19?,20-,21+/m0/s1. The van der Waals surface area contributed by atoms with Crippen LogP contribution in [0.25, 0.3) is 0 Å². The maximum absolute atomic E-state index is 13.1. The number of sulfonamides is 1. The van der Waals surface area contributed by atoms with E-state index in [9.17, 15) is 18.0 Å². The molecule has 3 fully saturated rings. The molecule has 9 heteroatoms. The zero-order chi connectivity index (χ0) is 23.4. The highest BCUT2D eigenvalue weighted by atomic mass is 32.2. The lowest BCUT2D eigenvalue weighted by molar-refractivity contribution is -0.127. The molecule has 7 nitrogen and oxygen atoms in total. The number of hydrogen-bond donors (Lipinski definition) is 0. The summed E-state index contributed by atoms with van der Waals surface area (Å²) in [6, 6.07) is 2.46. The molecule has 3 saturated heterocycles. The molecule has 0 N–H and O–H groups in total. The minimum Gasteiger partial charge on any atom is -0.303 e. The molecule has 33 heavy (non-hydrogen) atoms. The fourth-order valence-corrected chi connectivity index (χ4v) is 8.59. The van der Waals surface area contributed by atoms with Crippen molar-refractivity contribution in [2.75, 3.05) is 26.2 Å². The van der Waals surface area contributed by atoms with Crippen molar-refractivity contribution < 1.29 is 18.0 Å². The molecule has 3 atom stereocenters. The monoisotopic (exact) mass is 495 g/mol. The maximum Gasteiger partial charge on any atom is 0.276 e. The Bertz CT molecular complexity index is 912. The van der Waals surface area contributed by atoms with Gasteiger partial charge in [0, 0.05) is 25.4 Å². The molecule has 0 spiro atoms. The van der Waals surface area contributed by atoms with Gasteiger partial charge >= 0.3 is 0 Å². The van der Waals surface area contributed by atoms with Crippen molar-refractivity contribution in [3.63, 3.8) is 0 Å². The van der Waals surface area contributed by atoms with Gasteiger partial charge in [0.15, 0.2) is 0 Å². The number of likely N-dealkylation sites (tertiary alicyclic amines) is 2. The van der Waals surface area contributed by atoms with Crippen LogP contribution >= 0.6 is 11.3 Å². The highest BCUT2D eigenvalue weighted by Crippen LogP contribution is 2.38. The third-order valence-electron chi connectivity index (χ3n) is 7.50. The number of piperidine rings is 1. The molecule has 1 unspecified atom stereocenters. The summed E-state index contributed by atoms with van der Waals surface area (Å²) >= 11 is 1.14. The molecule has 0 aliphatic carbocycles. The molecule has 0 radical (unpaired) electrons. The Morgan fingerprint density at radius 3 is 2.61 bits per heavy atom. The Morgan fingerprint density at radius 1 is 1.12 bits per heavy atom. The number of fused-ring (bicyclic) bond motifs is 1. The first-order valence-corrected chi connectivity index (χ1v) is 14.9. The lowest BCUT2D eigenvalue weighted by Crippen LogP contribution is -2.46. The Hall–Kier alpha value is -1.29. The molecule has 184 valence electrons. The van der Waals surface area contributed by atoms with Crippen molar-refractivity contribution in [1.82, 2.24) is 14.1 Å². The van der Waals surface area contributed by atoms with Gasteiger partial charge in [-0.05, 0) is 69.6 Å². The Kier molecular flexibility index (Phi) is 8.25. The van der Waals surface area contributed by atoms with Gasteiger partial charge in [-0.25, -0.2) is 12.7 Å². The van der Waals surface area contributed by atoms with Crippen molar-refractivity contribution in [3.05, 3.63) is 17.5 Å². The quantitative estimate of drug-likeness (QED) is 0.437. The molecule has 0 aromatic carbocycles. The third kappa shape index (κ3) is 5.36. The molecule has 1 aromatic heterocycles. The summed E-state index contributed by atoms with van der Waals surface area (Å²) in [4.78, 5) is 30.5. The summed E-state index contributed by atoms with van der Waals surface area (Å²) in [6.45, 7) is 6.25. The topological polar surface area (TPSA) is 78.0 Å². The Labute approximate surface area is 202 Å². The molecule has 1 aromatic rings. The minimum atomic E-state index is -3.82. The fraction of sp³-hybridized carbons (Fsp3) is 0.750. The highest BCUT2D eigenvalue weighted by molar-refractivity contribution is 7.91. The van der Waals surface area contributed by atoms with Gasteiger partial charge in [-0.15, -0.1) is 11.3 Å². The molecule has 4 heterocycles. The van der Waals surface area contributed by atoms with Gasteiger partial charge in [-0.1, -0.05) is 25.8 Å². The number of ketones is 1. The SMILES string of the molecule is CCC(C(=O)CCCCCN1CCCCC1)N1CC[C@H]2[C@H]1CC(=O)N2S(=O)(=O)c1cccs1. The predicted molar refractivity (Wildman–Crippen MR) is 130 cm³/mol. The number of carbonyl (C=O) groups is 2. The first kappa shape index (κ1) is 24.8. The van der Waals surface area contributed by atoms with Crippen LogP contribution in [0.3, 0.4) is 0 Å². The number of amides is 1. The molecule has 0 bridgehead atoms. The smallest absolute Gasteiger partial charge is 0.276 e. The second-order valence-electron chi connectivity index (χ2n) is 9.60. The summed E-state index contributed by atoms with van der Waals surface area (Å²) in [7, 11) is -3.82. The molecule has 0 saturated carbocycles. The Balaban J connectivity index is 1.31. The van der Waals surface area contributed by atoms with Crippen LogP contribution in [0.1, 0.15) is 71.1 Å². The molecule has 3 aliphatic heterocycles. The second kappa shape index (κ2) is 11.0. The van der Waals surface area contributed by atoms with Gasteiger partial charge in [0.05, 0.1) is 12.1 Å². The van der Waals surface area contributed by atoms with Gasteiger partial charge in [0.2, 0.25) is 5.91 Å². The summed E-state index contributed by atoms with van der Waals surface area (Å²) in [6.07, 6.45) is 9.12. The van der Waals surface area contributed by atoms with Crippen LogP contribution in [0.2, 0.25) is 0 Å². The predicted octanol–water partition coefficient (Wildman–Crippen LogP) is 3.51. The number of rotatable bonds is 11. The van der Waals surface area contributed by atoms with E-state index in [1.165, 1.54) is 32.4 Å². The van der Waals surface area contributed by atoms with Gasteiger partial charge in [-0.3, -0.25) is 14.5 Å². The van der Waals surface area contributed by atoms with E-state index in [0.29, 0.717) is 25.8 Å². The fourth-order valence-electron chi connectivity index (χ4n) is 5.86. The largest absolute Gasteiger partial charge is 0.303 e. The average molecular weight is 496 g/mol. The van der Waals surface area contributed by atoms with Crippen molar-refractivity contribution in [3.8, 4) is 0 Å². The van der Waals surface area contributed by atoms with Gasteiger partial charge < -0.3 is 4.90 Å². The molecule has 3 aliphatic rings. The maximum atomic E-state index is 13.1. The minimum absolute atomic E-state index is 0.175. The van der Waals surface area contributed by atoms with Crippen molar-refractivity contribution >= 4 is 33.1 Å². The van der Waals surface area contributed by atoms with E-state index in [1.807, 2.05) is 6.92 Å². The van der Waals surface area contributed by atoms with E-state index in [-0.39, 0.29) is 40.4 Å². The lowest BCUT2D eigenvalue weighted by atomic mass is 10.0. The van der Waals surface area contributed by atoms with E-state index in [0.717, 1.165) is 41.4 Å². The molecule has 1 amide bonds. The zero-order valence-corrected chi connectivity index (χ0v) is 21.3. The lowest BCUT2D eigenvalue weighted by Gasteiger charge is -2.30. The molecular weight excluding hydrogens is 458 g/mol. The summed E-state index contributed by atoms with van der Waals surface area (Å²) < 4.78 is 27.5. The van der Waals surface area contributed by atoms with Crippen LogP contribution in [0.15, 0.2) is 21.7 Å².